The van der Waals surface area contributed by atoms with E-state index >= 15 is 0 Å². The molecule has 2 aromatic carbocycles. The summed E-state index contributed by atoms with van der Waals surface area (Å²) in [5.41, 5.74) is 6.11. The molecule has 4 nitrogen and oxygen atoms in total. The van der Waals surface area contributed by atoms with Crippen molar-refractivity contribution >= 4 is 11.6 Å². The number of hydrogen-bond donors (Lipinski definition) is 1. The highest BCUT2D eigenvalue weighted by Gasteiger charge is 2.08. The number of unbranched alkanes of at least 4 members (excludes halogenated alkanes) is 1. The highest BCUT2D eigenvalue weighted by atomic mass is 16.5. The van der Waals surface area contributed by atoms with Crippen molar-refractivity contribution in [3.05, 3.63) is 58.7 Å². The average Bonchev–Trinajstić information content (AvgIpc) is 2.85. The van der Waals surface area contributed by atoms with E-state index in [-0.39, 0.29) is 0 Å². The average molecular weight is 467 g/mol. The number of aryl methyl sites for hydroxylation is 1. The van der Waals surface area contributed by atoms with Crippen LogP contribution in [0.15, 0.2) is 36.4 Å². The molecule has 0 saturated carbocycles. The van der Waals surface area contributed by atoms with Crippen LogP contribution in [-0.2, 0) is 6.54 Å². The number of allylic oxidation sites excluding steroid dienone is 1. The standard InChI is InChI=1S/C30H46N2O2/c1-7-10-19-34-30-15-13-26(25(5)20-27-22-29(33-6)14-12-24(27)4)21-28(30)23-31-16-11-18-32(9-3)17-8-2/h12-15,20-22,31H,7-11,16-19,23H2,1-6H3/b25-20+. The lowest BCUT2D eigenvalue weighted by molar-refractivity contribution is 0.283. The summed E-state index contributed by atoms with van der Waals surface area (Å²) in [7, 11) is 1.71. The molecule has 0 atom stereocenters. The minimum Gasteiger partial charge on any atom is -0.497 e. The van der Waals surface area contributed by atoms with Crippen molar-refractivity contribution in [1.82, 2.24) is 10.2 Å². The van der Waals surface area contributed by atoms with Gasteiger partial charge in [0.25, 0.3) is 0 Å². The molecule has 188 valence electrons. The molecule has 0 bridgehead atoms. The first-order valence-corrected chi connectivity index (χ1v) is 13.0. The van der Waals surface area contributed by atoms with Crippen molar-refractivity contribution in [3.63, 3.8) is 0 Å². The molecule has 2 rings (SSSR count). The first kappa shape index (κ1) is 27.9. The maximum absolute atomic E-state index is 6.14. The SMILES string of the molecule is CCCCOc1ccc(/C(C)=C/c2cc(OC)ccc2C)cc1CNCCCN(CC)CCC. The summed E-state index contributed by atoms with van der Waals surface area (Å²) >= 11 is 0. The van der Waals surface area contributed by atoms with E-state index in [1.54, 1.807) is 7.11 Å². The Kier molecular flexibility index (Phi) is 12.8. The van der Waals surface area contributed by atoms with E-state index in [1.165, 1.54) is 40.8 Å². The quantitative estimate of drug-likeness (QED) is 0.214. The van der Waals surface area contributed by atoms with Crippen LogP contribution in [-0.4, -0.2) is 44.8 Å². The third kappa shape index (κ3) is 9.15. The van der Waals surface area contributed by atoms with Crippen LogP contribution in [0.25, 0.3) is 11.6 Å². The summed E-state index contributed by atoms with van der Waals surface area (Å²) in [6.45, 7) is 17.1. The summed E-state index contributed by atoms with van der Waals surface area (Å²) in [5, 5.41) is 3.65. The van der Waals surface area contributed by atoms with Crippen LogP contribution in [0.2, 0.25) is 0 Å². The van der Waals surface area contributed by atoms with Crippen molar-refractivity contribution in [3.8, 4) is 11.5 Å². The van der Waals surface area contributed by atoms with Gasteiger partial charge in [0, 0.05) is 12.1 Å². The lowest BCUT2D eigenvalue weighted by atomic mass is 9.99. The molecule has 1 N–H and O–H groups in total. The maximum atomic E-state index is 6.14. The molecule has 0 spiro atoms. The molecule has 0 heterocycles. The van der Waals surface area contributed by atoms with Crippen LogP contribution in [0.3, 0.4) is 0 Å². The van der Waals surface area contributed by atoms with E-state index in [9.17, 15) is 0 Å². The van der Waals surface area contributed by atoms with Crippen molar-refractivity contribution in [2.75, 3.05) is 39.9 Å². The topological polar surface area (TPSA) is 33.7 Å². The summed E-state index contributed by atoms with van der Waals surface area (Å²) < 4.78 is 11.6. The molecule has 0 radical (unpaired) electrons. The van der Waals surface area contributed by atoms with Gasteiger partial charge in [-0.1, -0.05) is 45.4 Å². The molecule has 0 aliphatic rings. The van der Waals surface area contributed by atoms with E-state index in [4.69, 9.17) is 9.47 Å². The van der Waals surface area contributed by atoms with Gasteiger partial charge in [0.1, 0.15) is 11.5 Å². The van der Waals surface area contributed by atoms with Gasteiger partial charge in [0.05, 0.1) is 13.7 Å². The number of hydrogen-bond acceptors (Lipinski definition) is 4. The Bertz CT molecular complexity index is 891. The van der Waals surface area contributed by atoms with Crippen molar-refractivity contribution in [2.45, 2.75) is 66.8 Å². The Morgan fingerprint density at radius 1 is 1.00 bits per heavy atom. The van der Waals surface area contributed by atoms with Gasteiger partial charge < -0.3 is 19.7 Å². The van der Waals surface area contributed by atoms with Gasteiger partial charge in [0.2, 0.25) is 0 Å². The normalized spacial score (nSPS) is 11.8. The molecule has 4 heteroatoms. The zero-order valence-corrected chi connectivity index (χ0v) is 22.4. The minimum absolute atomic E-state index is 0.767. The fourth-order valence-electron chi connectivity index (χ4n) is 4.04. The zero-order chi connectivity index (χ0) is 24.8. The third-order valence-electron chi connectivity index (χ3n) is 6.26. The lowest BCUT2D eigenvalue weighted by Gasteiger charge is -2.19. The van der Waals surface area contributed by atoms with Gasteiger partial charge in [0.15, 0.2) is 0 Å². The van der Waals surface area contributed by atoms with Crippen molar-refractivity contribution in [2.24, 2.45) is 0 Å². The van der Waals surface area contributed by atoms with E-state index in [0.717, 1.165) is 63.5 Å². The smallest absolute Gasteiger partial charge is 0.123 e. The van der Waals surface area contributed by atoms with E-state index in [2.05, 4.69) is 81.2 Å². The highest BCUT2D eigenvalue weighted by Crippen LogP contribution is 2.27. The van der Waals surface area contributed by atoms with Crippen LogP contribution in [0.4, 0.5) is 0 Å². The fraction of sp³-hybridized carbons (Fsp3) is 0.533. The summed E-state index contributed by atoms with van der Waals surface area (Å²) in [5.74, 6) is 1.88. The molecular formula is C30H46N2O2. The van der Waals surface area contributed by atoms with Gasteiger partial charge in [-0.2, -0.15) is 0 Å². The van der Waals surface area contributed by atoms with Crippen LogP contribution >= 0.6 is 0 Å². The molecular weight excluding hydrogens is 420 g/mol. The summed E-state index contributed by atoms with van der Waals surface area (Å²) in [4.78, 5) is 2.52. The monoisotopic (exact) mass is 466 g/mol. The molecule has 2 aromatic rings. The Morgan fingerprint density at radius 2 is 1.82 bits per heavy atom. The van der Waals surface area contributed by atoms with Gasteiger partial charge in [-0.05, 0) is 106 Å². The Morgan fingerprint density at radius 3 is 2.53 bits per heavy atom. The Labute approximate surface area is 208 Å². The number of benzene rings is 2. The maximum Gasteiger partial charge on any atom is 0.123 e. The second kappa shape index (κ2) is 15.6. The van der Waals surface area contributed by atoms with E-state index in [0.29, 0.717) is 0 Å². The van der Waals surface area contributed by atoms with Gasteiger partial charge in [-0.3, -0.25) is 0 Å². The Balaban J connectivity index is 2.13. The van der Waals surface area contributed by atoms with E-state index in [1.807, 2.05) is 6.07 Å². The zero-order valence-electron chi connectivity index (χ0n) is 22.4. The molecule has 0 saturated heterocycles. The van der Waals surface area contributed by atoms with Gasteiger partial charge >= 0.3 is 0 Å². The van der Waals surface area contributed by atoms with Crippen LogP contribution in [0.1, 0.15) is 75.6 Å². The molecule has 0 aromatic heterocycles. The number of methoxy groups -OCH3 is 1. The van der Waals surface area contributed by atoms with Crippen molar-refractivity contribution < 1.29 is 9.47 Å². The summed E-state index contributed by atoms with van der Waals surface area (Å²) in [6.07, 6.45) is 6.84. The Hall–Kier alpha value is -2.30. The largest absolute Gasteiger partial charge is 0.497 e. The number of nitrogens with zero attached hydrogens (tertiary/aromatic N) is 1. The van der Waals surface area contributed by atoms with Gasteiger partial charge in [-0.15, -0.1) is 0 Å². The number of rotatable bonds is 16. The molecule has 0 aliphatic carbocycles. The third-order valence-corrected chi connectivity index (χ3v) is 6.26. The second-order valence-electron chi connectivity index (χ2n) is 9.04. The van der Waals surface area contributed by atoms with Crippen LogP contribution in [0.5, 0.6) is 11.5 Å². The van der Waals surface area contributed by atoms with Crippen LogP contribution < -0.4 is 14.8 Å². The first-order chi connectivity index (χ1) is 16.5. The predicted molar refractivity (Wildman–Crippen MR) is 147 cm³/mol. The van der Waals surface area contributed by atoms with Gasteiger partial charge in [-0.25, -0.2) is 0 Å². The van der Waals surface area contributed by atoms with Crippen LogP contribution in [0, 0.1) is 6.92 Å². The molecule has 34 heavy (non-hydrogen) atoms. The number of ether oxygens (including phenoxy) is 2. The predicted octanol–water partition coefficient (Wildman–Crippen LogP) is 6.95. The first-order valence-electron chi connectivity index (χ1n) is 13.0. The minimum atomic E-state index is 0.767. The molecule has 0 fully saturated rings. The highest BCUT2D eigenvalue weighted by molar-refractivity contribution is 5.81. The molecule has 0 amide bonds. The summed E-state index contributed by atoms with van der Waals surface area (Å²) in [6, 6.07) is 12.8. The second-order valence-corrected chi connectivity index (χ2v) is 9.04. The molecule has 0 unspecified atom stereocenters. The molecule has 0 aliphatic heterocycles. The fourth-order valence-corrected chi connectivity index (χ4v) is 4.04. The lowest BCUT2D eigenvalue weighted by Crippen LogP contribution is -2.28. The number of nitrogens with one attached hydrogen (secondary N) is 1. The van der Waals surface area contributed by atoms with E-state index < -0.39 is 0 Å². The van der Waals surface area contributed by atoms with Crippen molar-refractivity contribution in [1.29, 1.82) is 0 Å².